The highest BCUT2D eigenvalue weighted by Gasteiger charge is 2.22. The Bertz CT molecular complexity index is 1890. The van der Waals surface area contributed by atoms with Crippen LogP contribution < -0.4 is 0 Å². The maximum Gasteiger partial charge on any atom is 0.0939 e. The number of hydrogen-bond donors (Lipinski definition) is 0. The summed E-state index contributed by atoms with van der Waals surface area (Å²) in [6.07, 6.45) is 5.39. The van der Waals surface area contributed by atoms with Gasteiger partial charge in [0.25, 0.3) is 0 Å². The van der Waals surface area contributed by atoms with E-state index in [9.17, 15) is 0 Å². The van der Waals surface area contributed by atoms with Crippen LogP contribution in [0.2, 0.25) is 0 Å². The van der Waals surface area contributed by atoms with Crippen molar-refractivity contribution in [3.05, 3.63) is 111 Å². The molecule has 39 heavy (non-hydrogen) atoms. The zero-order valence-electron chi connectivity index (χ0n) is 21.2. The second-order valence-corrected chi connectivity index (χ2v) is 11.8. The average molecular weight is 635 g/mol. The molecule has 3 aromatic heterocycles. The molecule has 6 rings (SSSR count). The van der Waals surface area contributed by atoms with Crippen molar-refractivity contribution in [2.24, 2.45) is 0 Å². The number of fused-ring (bicyclic) bond motifs is 3. The Labute approximate surface area is 242 Å². The van der Waals surface area contributed by atoms with Gasteiger partial charge in [-0.15, -0.1) is 0 Å². The molecule has 0 atom stereocenters. The Morgan fingerprint density at radius 3 is 1.77 bits per heavy atom. The van der Waals surface area contributed by atoms with E-state index in [0.717, 1.165) is 59.2 Å². The largest absolute Gasteiger partial charge is 0.268 e. The van der Waals surface area contributed by atoms with Crippen molar-refractivity contribution in [3.63, 3.8) is 0 Å². The third-order valence-corrected chi connectivity index (χ3v) is 7.29. The molecule has 0 spiro atoms. The van der Waals surface area contributed by atoms with Gasteiger partial charge in [-0.3, -0.25) is 4.57 Å². The van der Waals surface area contributed by atoms with Crippen LogP contribution in [0.25, 0.3) is 50.4 Å². The minimum absolute atomic E-state index is 0.757. The summed E-state index contributed by atoms with van der Waals surface area (Å²) in [4.78, 5) is 0. The lowest BCUT2D eigenvalue weighted by atomic mass is 9.85. The number of halogens is 2. The molecule has 0 radical (unpaired) electrons. The van der Waals surface area contributed by atoms with E-state index in [1.165, 1.54) is 10.8 Å². The van der Waals surface area contributed by atoms with E-state index in [1.54, 1.807) is 12.4 Å². The van der Waals surface area contributed by atoms with Gasteiger partial charge >= 0.3 is 0 Å². The predicted octanol–water partition coefficient (Wildman–Crippen LogP) is 8.27. The molecule has 7 heteroatoms. The second kappa shape index (κ2) is 10.6. The third kappa shape index (κ3) is 4.56. The van der Waals surface area contributed by atoms with Crippen LogP contribution in [0.15, 0.2) is 88.6 Å². The highest BCUT2D eigenvalue weighted by molar-refractivity contribution is 9.28. The Kier molecular flexibility index (Phi) is 6.82. The Balaban J connectivity index is 1.70. The first kappa shape index (κ1) is 25.2. The van der Waals surface area contributed by atoms with Crippen LogP contribution in [-0.4, -0.2) is 25.0 Å². The van der Waals surface area contributed by atoms with Gasteiger partial charge in [0.1, 0.15) is 0 Å². The normalized spacial score (nSPS) is 10.9. The summed E-state index contributed by atoms with van der Waals surface area (Å²) in [6, 6.07) is 27.9. The maximum absolute atomic E-state index is 4.48. The minimum Gasteiger partial charge on any atom is -0.268 e. The molecule has 3 aromatic carbocycles. The van der Waals surface area contributed by atoms with Crippen LogP contribution in [0.3, 0.4) is 0 Å². The van der Waals surface area contributed by atoms with Crippen molar-refractivity contribution >= 4 is 59.7 Å². The molecule has 0 amide bonds. The Morgan fingerprint density at radius 2 is 1.26 bits per heavy atom. The Morgan fingerprint density at radius 1 is 0.718 bits per heavy atom. The van der Waals surface area contributed by atoms with Crippen LogP contribution >= 0.6 is 31.9 Å². The van der Waals surface area contributed by atoms with E-state index < -0.39 is 0 Å². The average Bonchev–Trinajstić information content (AvgIpc) is 3.29. The zero-order valence-corrected chi connectivity index (χ0v) is 24.3. The van der Waals surface area contributed by atoms with Crippen LogP contribution in [-0.2, 0) is 0 Å². The molecule has 0 aliphatic heterocycles. The molecule has 0 fully saturated rings. The lowest BCUT2D eigenvalue weighted by Gasteiger charge is -2.19. The third-order valence-electron chi connectivity index (χ3n) is 6.83. The number of benzene rings is 3. The molecular weight excluding hydrogens is 614 g/mol. The molecule has 0 bridgehead atoms. The van der Waals surface area contributed by atoms with E-state index >= 15 is 0 Å². The van der Waals surface area contributed by atoms with E-state index in [1.807, 2.05) is 42.5 Å². The summed E-state index contributed by atoms with van der Waals surface area (Å²) in [5.74, 6) is 3.55. The van der Waals surface area contributed by atoms with Gasteiger partial charge in [-0.2, -0.15) is 20.4 Å². The molecule has 0 N–H and O–H groups in total. The molecule has 5 nitrogen and oxygen atoms in total. The molecule has 188 valence electrons. The fraction of sp³-hybridized carbons (Fsp3) is 0.0625. The summed E-state index contributed by atoms with van der Waals surface area (Å²) < 4.78 is 2.89. The van der Waals surface area contributed by atoms with Gasteiger partial charge in [-0.05, 0) is 111 Å². The fourth-order valence-corrected chi connectivity index (χ4v) is 5.60. The van der Waals surface area contributed by atoms with Crippen molar-refractivity contribution in [1.29, 1.82) is 0 Å². The summed E-state index contributed by atoms with van der Waals surface area (Å²) >= 11 is 7.15. The van der Waals surface area contributed by atoms with Gasteiger partial charge in [0.05, 0.1) is 25.8 Å². The van der Waals surface area contributed by atoms with Gasteiger partial charge in [-0.1, -0.05) is 36.4 Å². The lowest BCUT2D eigenvalue weighted by molar-refractivity contribution is 1.02. The van der Waals surface area contributed by atoms with E-state index in [0.29, 0.717) is 0 Å². The van der Waals surface area contributed by atoms with Crippen LogP contribution in [0.5, 0.6) is 0 Å². The maximum atomic E-state index is 4.48. The molecule has 6 aromatic rings. The van der Waals surface area contributed by atoms with Crippen molar-refractivity contribution in [1.82, 2.24) is 25.0 Å². The van der Waals surface area contributed by atoms with Gasteiger partial charge in [0.15, 0.2) is 0 Å². The van der Waals surface area contributed by atoms with Gasteiger partial charge in [-0.25, -0.2) is 0 Å². The molecule has 0 unspecified atom stereocenters. The number of para-hydroxylation sites is 2. The Hall–Kier alpha value is -4.12. The van der Waals surface area contributed by atoms with Crippen molar-refractivity contribution < 1.29 is 0 Å². The minimum atomic E-state index is 0.757. The quantitative estimate of drug-likeness (QED) is 0.184. The molecule has 3 heterocycles. The van der Waals surface area contributed by atoms with E-state index in [4.69, 9.17) is 0 Å². The standard InChI is InChI=1S/C32H21Br2N5/c1-20-22(15-18-39-28-13-5-3-9-23(28)24-10-4-6-14-29(24)39)25(19-30(33)34)21(2)32(27-12-8-17-36-38-27)31(20)26-11-7-16-35-37-26/h3-14,16-17,19H,1-2H3. The first-order valence-corrected chi connectivity index (χ1v) is 13.9. The van der Waals surface area contributed by atoms with Gasteiger partial charge < -0.3 is 0 Å². The van der Waals surface area contributed by atoms with Crippen molar-refractivity contribution in [3.8, 4) is 34.5 Å². The van der Waals surface area contributed by atoms with Crippen molar-refractivity contribution in [2.75, 3.05) is 0 Å². The number of rotatable bonds is 3. The molecule has 0 aliphatic rings. The van der Waals surface area contributed by atoms with Gasteiger partial charge in [0, 0.05) is 45.9 Å². The summed E-state index contributed by atoms with van der Waals surface area (Å²) in [5.41, 5.74) is 9.46. The van der Waals surface area contributed by atoms with Crippen LogP contribution in [0, 0.1) is 25.8 Å². The monoisotopic (exact) mass is 633 g/mol. The van der Waals surface area contributed by atoms with Crippen LogP contribution in [0.4, 0.5) is 0 Å². The summed E-state index contributed by atoms with van der Waals surface area (Å²) in [7, 11) is 0. The number of nitrogens with zero attached hydrogens (tertiary/aromatic N) is 5. The molecule has 0 aliphatic carbocycles. The summed E-state index contributed by atoms with van der Waals surface area (Å²) in [6.45, 7) is 4.17. The smallest absolute Gasteiger partial charge is 0.0939 e. The molecular formula is C32H21Br2N5. The fourth-order valence-electron chi connectivity index (χ4n) is 5.14. The van der Waals surface area contributed by atoms with Gasteiger partial charge in [0.2, 0.25) is 0 Å². The second-order valence-electron chi connectivity index (χ2n) is 9.05. The molecule has 0 saturated carbocycles. The number of aromatic nitrogens is 5. The van der Waals surface area contributed by atoms with E-state index in [-0.39, 0.29) is 0 Å². The van der Waals surface area contributed by atoms with Crippen molar-refractivity contribution in [2.45, 2.75) is 13.8 Å². The topological polar surface area (TPSA) is 56.5 Å². The van der Waals surface area contributed by atoms with E-state index in [2.05, 4.69) is 119 Å². The lowest BCUT2D eigenvalue weighted by Crippen LogP contribution is -2.04. The summed E-state index contributed by atoms with van der Waals surface area (Å²) in [5, 5.41) is 19.6. The predicted molar refractivity (Wildman–Crippen MR) is 166 cm³/mol. The first-order valence-electron chi connectivity index (χ1n) is 12.3. The highest BCUT2D eigenvalue weighted by atomic mass is 79.9. The zero-order chi connectivity index (χ0) is 26.9. The molecule has 0 saturated heterocycles. The van der Waals surface area contributed by atoms with Crippen LogP contribution in [0.1, 0.15) is 22.3 Å². The highest BCUT2D eigenvalue weighted by Crippen LogP contribution is 2.41. The number of hydrogen-bond acceptors (Lipinski definition) is 4. The SMILES string of the molecule is Cc1c(C#Cn2c3ccccc3c3ccccc32)c(C=C(Br)Br)c(C)c(-c2cccnn2)c1-c1cccnn1. The first-order chi connectivity index (χ1) is 19.0.